The summed E-state index contributed by atoms with van der Waals surface area (Å²) in [6.07, 6.45) is 0. The number of anilines is 2. The van der Waals surface area contributed by atoms with Gasteiger partial charge in [0.2, 0.25) is 0 Å². The van der Waals surface area contributed by atoms with E-state index in [4.69, 9.17) is 21.1 Å². The summed E-state index contributed by atoms with van der Waals surface area (Å²) in [5.74, 6) is 1.13. The van der Waals surface area contributed by atoms with Gasteiger partial charge in [0.15, 0.2) is 0 Å². The first-order valence-electron chi connectivity index (χ1n) is 5.98. The first kappa shape index (κ1) is 14.9. The second-order valence-electron chi connectivity index (χ2n) is 4.12. The lowest BCUT2D eigenvalue weighted by Crippen LogP contribution is -1.99. The van der Waals surface area contributed by atoms with Gasteiger partial charge in [-0.3, -0.25) is 10.1 Å². The molecule has 21 heavy (non-hydrogen) atoms. The van der Waals surface area contributed by atoms with Gasteiger partial charge in [-0.2, -0.15) is 0 Å². The number of hydrogen-bond donors (Lipinski definition) is 1. The van der Waals surface area contributed by atoms with Gasteiger partial charge in [-0.1, -0.05) is 11.6 Å². The fourth-order valence-corrected chi connectivity index (χ4v) is 2.08. The zero-order valence-electron chi connectivity index (χ0n) is 11.4. The van der Waals surface area contributed by atoms with Gasteiger partial charge in [0.25, 0.3) is 0 Å². The highest BCUT2D eigenvalue weighted by Crippen LogP contribution is 2.38. The van der Waals surface area contributed by atoms with Crippen molar-refractivity contribution in [3.63, 3.8) is 0 Å². The number of methoxy groups -OCH3 is 2. The minimum atomic E-state index is -0.534. The van der Waals surface area contributed by atoms with Crippen LogP contribution in [0.15, 0.2) is 36.4 Å². The number of nitro groups is 1. The smallest absolute Gasteiger partial charge is 0.311 e. The van der Waals surface area contributed by atoms with Crippen molar-refractivity contribution in [3.8, 4) is 11.5 Å². The van der Waals surface area contributed by atoms with Crippen LogP contribution in [-0.4, -0.2) is 19.1 Å². The summed E-state index contributed by atoms with van der Waals surface area (Å²) >= 11 is 5.94. The van der Waals surface area contributed by atoms with Gasteiger partial charge in [0.1, 0.15) is 22.2 Å². The van der Waals surface area contributed by atoms with Gasteiger partial charge < -0.3 is 14.8 Å². The SMILES string of the molecule is COc1ccc(Nc2cc(OC)cc(Cl)c2[N+](=O)[O-])cc1. The average molecular weight is 309 g/mol. The van der Waals surface area contributed by atoms with E-state index in [1.165, 1.54) is 19.2 Å². The molecule has 0 unspecified atom stereocenters. The van der Waals surface area contributed by atoms with Crippen LogP contribution in [-0.2, 0) is 0 Å². The fraction of sp³-hybridized carbons (Fsp3) is 0.143. The summed E-state index contributed by atoms with van der Waals surface area (Å²) in [7, 11) is 3.03. The van der Waals surface area contributed by atoms with Crippen molar-refractivity contribution < 1.29 is 14.4 Å². The summed E-state index contributed by atoms with van der Waals surface area (Å²) in [5, 5.41) is 14.1. The Kier molecular flexibility index (Phi) is 4.49. The maximum atomic E-state index is 11.2. The molecule has 0 aliphatic rings. The molecule has 0 heterocycles. The zero-order valence-corrected chi connectivity index (χ0v) is 12.2. The Labute approximate surface area is 126 Å². The molecular weight excluding hydrogens is 296 g/mol. The lowest BCUT2D eigenvalue weighted by molar-refractivity contribution is -0.383. The molecule has 0 saturated heterocycles. The third-order valence-electron chi connectivity index (χ3n) is 2.82. The molecule has 0 spiro atoms. The summed E-state index contributed by atoms with van der Waals surface area (Å²) in [4.78, 5) is 10.6. The molecule has 2 aromatic rings. The van der Waals surface area contributed by atoms with Crippen LogP contribution in [0.2, 0.25) is 5.02 Å². The van der Waals surface area contributed by atoms with Crippen molar-refractivity contribution >= 4 is 28.7 Å². The van der Waals surface area contributed by atoms with Crippen molar-refractivity contribution in [2.24, 2.45) is 0 Å². The number of nitrogens with zero attached hydrogens (tertiary/aromatic N) is 1. The van der Waals surface area contributed by atoms with Crippen LogP contribution in [0.3, 0.4) is 0 Å². The predicted octanol–water partition coefficient (Wildman–Crippen LogP) is 4.01. The topological polar surface area (TPSA) is 73.6 Å². The number of halogens is 1. The molecular formula is C14H13ClN2O4. The lowest BCUT2D eigenvalue weighted by Gasteiger charge is -2.10. The van der Waals surface area contributed by atoms with Crippen molar-refractivity contribution in [2.75, 3.05) is 19.5 Å². The maximum absolute atomic E-state index is 11.2. The number of nitrogens with one attached hydrogen (secondary N) is 1. The van der Waals surface area contributed by atoms with E-state index >= 15 is 0 Å². The van der Waals surface area contributed by atoms with E-state index < -0.39 is 4.92 Å². The lowest BCUT2D eigenvalue weighted by atomic mass is 10.2. The molecule has 2 rings (SSSR count). The van der Waals surface area contributed by atoms with Crippen LogP contribution >= 0.6 is 11.6 Å². The molecule has 0 aliphatic carbocycles. The van der Waals surface area contributed by atoms with Crippen LogP contribution in [0.5, 0.6) is 11.5 Å². The van der Waals surface area contributed by atoms with E-state index in [9.17, 15) is 10.1 Å². The quantitative estimate of drug-likeness (QED) is 0.667. The predicted molar refractivity (Wildman–Crippen MR) is 80.9 cm³/mol. The van der Waals surface area contributed by atoms with Gasteiger partial charge in [0.05, 0.1) is 19.1 Å². The van der Waals surface area contributed by atoms with E-state index in [0.717, 1.165) is 0 Å². The second-order valence-corrected chi connectivity index (χ2v) is 4.52. The highest BCUT2D eigenvalue weighted by molar-refractivity contribution is 6.33. The molecule has 0 amide bonds. The Bertz CT molecular complexity index is 659. The fourth-order valence-electron chi connectivity index (χ4n) is 1.80. The molecule has 0 bridgehead atoms. The molecule has 2 aromatic carbocycles. The molecule has 0 aromatic heterocycles. The Hall–Kier alpha value is -2.47. The number of benzene rings is 2. The Morgan fingerprint density at radius 1 is 1.10 bits per heavy atom. The number of nitro benzene ring substituents is 1. The molecule has 0 aliphatic heterocycles. The van der Waals surface area contributed by atoms with Crippen LogP contribution in [0.1, 0.15) is 0 Å². The highest BCUT2D eigenvalue weighted by Gasteiger charge is 2.20. The second kappa shape index (κ2) is 6.32. The van der Waals surface area contributed by atoms with Crippen molar-refractivity contribution in [2.45, 2.75) is 0 Å². The monoisotopic (exact) mass is 308 g/mol. The van der Waals surface area contributed by atoms with Crippen LogP contribution in [0.25, 0.3) is 0 Å². The molecule has 6 nitrogen and oxygen atoms in total. The van der Waals surface area contributed by atoms with Gasteiger partial charge in [0, 0.05) is 17.8 Å². The maximum Gasteiger partial charge on any atom is 0.311 e. The Morgan fingerprint density at radius 2 is 1.71 bits per heavy atom. The van der Waals surface area contributed by atoms with E-state index in [1.54, 1.807) is 31.4 Å². The third kappa shape index (κ3) is 3.35. The van der Waals surface area contributed by atoms with E-state index in [2.05, 4.69) is 5.32 Å². The average Bonchev–Trinajstić information content (AvgIpc) is 2.47. The van der Waals surface area contributed by atoms with Gasteiger partial charge >= 0.3 is 5.69 Å². The van der Waals surface area contributed by atoms with Crippen LogP contribution in [0.4, 0.5) is 17.1 Å². The summed E-state index contributed by atoms with van der Waals surface area (Å²) in [6.45, 7) is 0. The molecule has 0 radical (unpaired) electrons. The van der Waals surface area contributed by atoms with Gasteiger partial charge in [-0.05, 0) is 24.3 Å². The van der Waals surface area contributed by atoms with Crippen LogP contribution in [0, 0.1) is 10.1 Å². The summed E-state index contributed by atoms with van der Waals surface area (Å²) in [6, 6.07) is 9.91. The minimum Gasteiger partial charge on any atom is -0.497 e. The zero-order chi connectivity index (χ0) is 15.4. The first-order valence-corrected chi connectivity index (χ1v) is 6.36. The normalized spacial score (nSPS) is 10.0. The summed E-state index contributed by atoms with van der Waals surface area (Å²) < 4.78 is 10.1. The molecule has 0 atom stereocenters. The molecule has 110 valence electrons. The van der Waals surface area contributed by atoms with Crippen molar-refractivity contribution in [1.29, 1.82) is 0 Å². The van der Waals surface area contributed by atoms with E-state index in [0.29, 0.717) is 17.2 Å². The Balaban J connectivity index is 2.41. The van der Waals surface area contributed by atoms with Crippen molar-refractivity contribution in [3.05, 3.63) is 51.5 Å². The van der Waals surface area contributed by atoms with E-state index in [-0.39, 0.29) is 16.4 Å². The standard InChI is InChI=1S/C14H13ClN2O4/c1-20-10-5-3-9(4-6-10)16-13-8-11(21-2)7-12(15)14(13)17(18)19/h3-8,16H,1-2H3. The molecule has 0 saturated carbocycles. The minimum absolute atomic E-state index is 0.00959. The summed E-state index contributed by atoms with van der Waals surface area (Å²) in [5.41, 5.74) is 0.728. The van der Waals surface area contributed by atoms with Crippen LogP contribution < -0.4 is 14.8 Å². The number of rotatable bonds is 5. The molecule has 0 fully saturated rings. The van der Waals surface area contributed by atoms with E-state index in [1.807, 2.05) is 0 Å². The largest absolute Gasteiger partial charge is 0.497 e. The van der Waals surface area contributed by atoms with Gasteiger partial charge in [-0.15, -0.1) is 0 Å². The Morgan fingerprint density at radius 3 is 2.24 bits per heavy atom. The van der Waals surface area contributed by atoms with Gasteiger partial charge in [-0.25, -0.2) is 0 Å². The number of hydrogen-bond acceptors (Lipinski definition) is 5. The van der Waals surface area contributed by atoms with Crippen molar-refractivity contribution in [1.82, 2.24) is 0 Å². The molecule has 1 N–H and O–H groups in total. The highest BCUT2D eigenvalue weighted by atomic mass is 35.5. The number of ether oxygens (including phenoxy) is 2. The molecule has 7 heteroatoms. The first-order chi connectivity index (χ1) is 10.0. The third-order valence-corrected chi connectivity index (χ3v) is 3.11.